The molecule has 0 aliphatic carbocycles. The van der Waals surface area contributed by atoms with Crippen molar-refractivity contribution in [3.8, 4) is 22.8 Å². The summed E-state index contributed by atoms with van der Waals surface area (Å²) in [6, 6.07) is 9.32. The van der Waals surface area contributed by atoms with Gasteiger partial charge in [0.2, 0.25) is 15.8 Å². The summed E-state index contributed by atoms with van der Waals surface area (Å²) in [7, 11) is -3.60. The minimum absolute atomic E-state index is 0.0268. The molecule has 0 bridgehead atoms. The second-order valence-corrected chi connectivity index (χ2v) is 8.03. The molecule has 3 aromatic rings. The quantitative estimate of drug-likeness (QED) is 0.661. The fraction of sp³-hybridized carbons (Fsp3) is 0.222. The fourth-order valence-electron chi connectivity index (χ4n) is 2.80. The number of nitrogens with zero attached hydrogens (tertiary/aromatic N) is 3. The zero-order chi connectivity index (χ0) is 19.7. The van der Waals surface area contributed by atoms with Crippen LogP contribution in [0.4, 0.5) is 8.78 Å². The van der Waals surface area contributed by atoms with E-state index in [1.165, 1.54) is 22.5 Å². The third-order valence-corrected chi connectivity index (χ3v) is 6.23. The van der Waals surface area contributed by atoms with Gasteiger partial charge in [-0.15, -0.1) is 0 Å². The molecule has 1 aromatic heterocycles. The van der Waals surface area contributed by atoms with Crippen LogP contribution >= 0.6 is 0 Å². The van der Waals surface area contributed by atoms with Crippen molar-refractivity contribution < 1.29 is 26.5 Å². The Labute approximate surface area is 159 Å². The Morgan fingerprint density at radius 1 is 0.929 bits per heavy atom. The van der Waals surface area contributed by atoms with Gasteiger partial charge in [0, 0.05) is 24.2 Å². The summed E-state index contributed by atoms with van der Waals surface area (Å²) in [6.07, 6.45) is 0. The number of halogens is 2. The number of morpholine rings is 1. The van der Waals surface area contributed by atoms with E-state index in [0.29, 0.717) is 31.9 Å². The summed E-state index contributed by atoms with van der Waals surface area (Å²) in [4.78, 5) is 4.32. The molecule has 0 N–H and O–H groups in total. The van der Waals surface area contributed by atoms with Gasteiger partial charge in [0.05, 0.1) is 18.1 Å². The van der Waals surface area contributed by atoms with Crippen LogP contribution in [-0.2, 0) is 14.8 Å². The van der Waals surface area contributed by atoms with Crippen LogP contribution in [0.15, 0.2) is 51.9 Å². The number of aromatic nitrogens is 2. The lowest BCUT2D eigenvalue weighted by Crippen LogP contribution is -2.40. The summed E-state index contributed by atoms with van der Waals surface area (Å²) in [5.41, 5.74) is 0.766. The van der Waals surface area contributed by atoms with E-state index in [1.807, 2.05) is 0 Å². The average molecular weight is 407 g/mol. The van der Waals surface area contributed by atoms with Crippen LogP contribution in [0.3, 0.4) is 0 Å². The highest BCUT2D eigenvalue weighted by molar-refractivity contribution is 7.89. The first-order valence-electron chi connectivity index (χ1n) is 8.42. The maximum absolute atomic E-state index is 13.4. The molecule has 1 fully saturated rings. The fourth-order valence-corrected chi connectivity index (χ4v) is 4.21. The predicted octanol–water partition coefficient (Wildman–Crippen LogP) is 2.70. The molecule has 0 spiro atoms. The minimum Gasteiger partial charge on any atom is -0.379 e. The molecule has 1 saturated heterocycles. The van der Waals surface area contributed by atoms with Gasteiger partial charge < -0.3 is 9.26 Å². The number of ether oxygens (including phenoxy) is 1. The molecule has 1 aliphatic rings. The molecule has 2 aromatic carbocycles. The third kappa shape index (κ3) is 3.53. The Bertz CT molecular complexity index is 1090. The smallest absolute Gasteiger partial charge is 0.258 e. The Morgan fingerprint density at radius 3 is 2.29 bits per heavy atom. The highest BCUT2D eigenvalue weighted by atomic mass is 32.2. The number of hydrogen-bond acceptors (Lipinski definition) is 6. The first kappa shape index (κ1) is 18.7. The molecule has 0 atom stereocenters. The monoisotopic (exact) mass is 407 g/mol. The maximum Gasteiger partial charge on any atom is 0.258 e. The lowest BCUT2D eigenvalue weighted by atomic mass is 10.2. The molecule has 0 saturated carbocycles. The summed E-state index contributed by atoms with van der Waals surface area (Å²) < 4.78 is 63.4. The van der Waals surface area contributed by atoms with Crippen LogP contribution in [0.25, 0.3) is 22.8 Å². The lowest BCUT2D eigenvalue weighted by Gasteiger charge is -2.26. The van der Waals surface area contributed by atoms with E-state index < -0.39 is 21.7 Å². The highest BCUT2D eigenvalue weighted by Gasteiger charge is 2.26. The Hall–Kier alpha value is -2.69. The first-order valence-corrected chi connectivity index (χ1v) is 9.86. The van der Waals surface area contributed by atoms with Crippen molar-refractivity contribution in [3.05, 3.63) is 54.1 Å². The summed E-state index contributed by atoms with van der Waals surface area (Å²) in [6.45, 7) is 1.36. The summed E-state index contributed by atoms with van der Waals surface area (Å²) in [5.74, 6) is -1.76. The SMILES string of the molecule is O=S(=O)(c1ccc(-c2noc(-c3ccc(F)c(F)c3)n2)cc1)N1CCOCC1. The van der Waals surface area contributed by atoms with E-state index in [1.54, 1.807) is 12.1 Å². The van der Waals surface area contributed by atoms with Crippen LogP contribution in [0.2, 0.25) is 0 Å². The molecule has 0 amide bonds. The van der Waals surface area contributed by atoms with Gasteiger partial charge in [-0.1, -0.05) is 5.16 Å². The minimum atomic E-state index is -3.60. The first-order chi connectivity index (χ1) is 13.4. The van der Waals surface area contributed by atoms with Crippen LogP contribution in [0, 0.1) is 11.6 Å². The van der Waals surface area contributed by atoms with Crippen molar-refractivity contribution in [2.45, 2.75) is 4.90 Å². The second kappa shape index (κ2) is 7.38. The molecular weight excluding hydrogens is 392 g/mol. The van der Waals surface area contributed by atoms with E-state index >= 15 is 0 Å². The van der Waals surface area contributed by atoms with Crippen molar-refractivity contribution in [2.75, 3.05) is 26.3 Å². The lowest BCUT2D eigenvalue weighted by molar-refractivity contribution is 0.0730. The summed E-state index contributed by atoms with van der Waals surface area (Å²) in [5, 5.41) is 3.82. The van der Waals surface area contributed by atoms with Gasteiger partial charge in [-0.3, -0.25) is 0 Å². The van der Waals surface area contributed by atoms with Crippen molar-refractivity contribution in [3.63, 3.8) is 0 Å². The predicted molar refractivity (Wildman–Crippen MR) is 94.7 cm³/mol. The van der Waals surface area contributed by atoms with Crippen LogP contribution in [-0.4, -0.2) is 49.2 Å². The van der Waals surface area contributed by atoms with Gasteiger partial charge in [-0.25, -0.2) is 17.2 Å². The zero-order valence-corrected chi connectivity index (χ0v) is 15.3. The molecule has 4 rings (SSSR count). The Balaban J connectivity index is 1.57. The topological polar surface area (TPSA) is 85.5 Å². The second-order valence-electron chi connectivity index (χ2n) is 6.09. The Kier molecular flexibility index (Phi) is 4.92. The largest absolute Gasteiger partial charge is 0.379 e. The van der Waals surface area contributed by atoms with Gasteiger partial charge in [-0.05, 0) is 42.5 Å². The van der Waals surface area contributed by atoms with Crippen molar-refractivity contribution >= 4 is 10.0 Å². The van der Waals surface area contributed by atoms with E-state index in [9.17, 15) is 17.2 Å². The van der Waals surface area contributed by atoms with E-state index in [0.717, 1.165) is 12.1 Å². The molecule has 7 nitrogen and oxygen atoms in total. The van der Waals surface area contributed by atoms with Crippen molar-refractivity contribution in [1.29, 1.82) is 0 Å². The zero-order valence-electron chi connectivity index (χ0n) is 14.5. The third-order valence-electron chi connectivity index (χ3n) is 4.31. The van der Waals surface area contributed by atoms with Crippen LogP contribution in [0.1, 0.15) is 0 Å². The van der Waals surface area contributed by atoms with Gasteiger partial charge in [0.15, 0.2) is 11.6 Å². The number of sulfonamides is 1. The average Bonchev–Trinajstić information content (AvgIpc) is 3.21. The van der Waals surface area contributed by atoms with Crippen LogP contribution in [0.5, 0.6) is 0 Å². The molecular formula is C18H15F2N3O4S. The normalized spacial score (nSPS) is 15.6. The Morgan fingerprint density at radius 2 is 1.61 bits per heavy atom. The number of benzene rings is 2. The highest BCUT2D eigenvalue weighted by Crippen LogP contribution is 2.25. The van der Waals surface area contributed by atoms with Gasteiger partial charge in [0.25, 0.3) is 5.89 Å². The van der Waals surface area contributed by atoms with Crippen molar-refractivity contribution in [1.82, 2.24) is 14.4 Å². The van der Waals surface area contributed by atoms with Gasteiger partial charge in [0.1, 0.15) is 0 Å². The van der Waals surface area contributed by atoms with E-state index in [2.05, 4.69) is 10.1 Å². The van der Waals surface area contributed by atoms with Gasteiger partial charge in [-0.2, -0.15) is 9.29 Å². The molecule has 10 heteroatoms. The summed E-state index contributed by atoms with van der Waals surface area (Å²) >= 11 is 0. The molecule has 2 heterocycles. The molecule has 1 aliphatic heterocycles. The van der Waals surface area contributed by atoms with E-state index in [4.69, 9.17) is 9.26 Å². The standard InChI is InChI=1S/C18H15F2N3O4S/c19-15-6-3-13(11-16(15)20)18-21-17(22-27-18)12-1-4-14(5-2-12)28(24,25)23-7-9-26-10-8-23/h1-6,11H,7-10H2. The van der Waals surface area contributed by atoms with Gasteiger partial charge >= 0.3 is 0 Å². The number of rotatable bonds is 4. The van der Waals surface area contributed by atoms with Crippen molar-refractivity contribution in [2.24, 2.45) is 0 Å². The maximum atomic E-state index is 13.4. The molecule has 28 heavy (non-hydrogen) atoms. The number of hydrogen-bond donors (Lipinski definition) is 0. The molecule has 146 valence electrons. The van der Waals surface area contributed by atoms with Crippen LogP contribution < -0.4 is 0 Å². The molecule has 0 radical (unpaired) electrons. The van der Waals surface area contributed by atoms with E-state index in [-0.39, 0.29) is 22.2 Å². The molecule has 0 unspecified atom stereocenters.